The monoisotopic (exact) mass is 769 g/mol. The van der Waals surface area contributed by atoms with E-state index < -0.39 is 0 Å². The number of benzene rings is 10. The van der Waals surface area contributed by atoms with Crippen molar-refractivity contribution in [2.24, 2.45) is 0 Å². The summed E-state index contributed by atoms with van der Waals surface area (Å²) in [4.78, 5) is 2.49. The minimum atomic E-state index is -0.0290. The van der Waals surface area contributed by atoms with Gasteiger partial charge in [0.1, 0.15) is 0 Å². The molecule has 0 bridgehead atoms. The largest absolute Gasteiger partial charge is 0.309 e. The summed E-state index contributed by atoms with van der Waals surface area (Å²) in [6, 6.07) is 74.4. The molecule has 59 heavy (non-hydrogen) atoms. The molecule has 12 rings (SSSR count). The van der Waals surface area contributed by atoms with E-state index in [9.17, 15) is 0 Å². The van der Waals surface area contributed by atoms with E-state index in [1.807, 2.05) is 11.3 Å². The predicted molar refractivity (Wildman–Crippen MR) is 255 cm³/mol. The van der Waals surface area contributed by atoms with Crippen LogP contribution in [0, 0.1) is 0 Å². The average molecular weight is 770 g/mol. The van der Waals surface area contributed by atoms with Gasteiger partial charge in [-0.15, -0.1) is 11.3 Å². The van der Waals surface area contributed by atoms with Crippen LogP contribution in [-0.4, -0.2) is 0 Å². The molecular formula is C57H39NS. The average Bonchev–Trinajstić information content (AvgIpc) is 3.79. The summed E-state index contributed by atoms with van der Waals surface area (Å²) in [7, 11) is 0. The van der Waals surface area contributed by atoms with Crippen molar-refractivity contribution < 1.29 is 0 Å². The van der Waals surface area contributed by atoms with E-state index in [0.717, 1.165) is 11.4 Å². The van der Waals surface area contributed by atoms with E-state index in [0.29, 0.717) is 0 Å². The van der Waals surface area contributed by atoms with Gasteiger partial charge >= 0.3 is 0 Å². The van der Waals surface area contributed by atoms with Gasteiger partial charge in [-0.2, -0.15) is 0 Å². The summed E-state index contributed by atoms with van der Waals surface area (Å²) in [6.07, 6.45) is 0. The minimum absolute atomic E-state index is 0.0290. The molecule has 0 amide bonds. The van der Waals surface area contributed by atoms with Crippen LogP contribution in [0.3, 0.4) is 0 Å². The molecule has 278 valence electrons. The second-order valence-electron chi connectivity index (χ2n) is 16.5. The van der Waals surface area contributed by atoms with Gasteiger partial charge in [0.05, 0.1) is 10.4 Å². The smallest absolute Gasteiger partial charge is 0.0640 e. The van der Waals surface area contributed by atoms with Crippen LogP contribution < -0.4 is 4.90 Å². The van der Waals surface area contributed by atoms with Gasteiger partial charge in [0.2, 0.25) is 0 Å². The lowest BCUT2D eigenvalue weighted by Gasteiger charge is -2.27. The molecule has 0 radical (unpaired) electrons. The van der Waals surface area contributed by atoms with Crippen molar-refractivity contribution in [3.8, 4) is 33.4 Å². The van der Waals surface area contributed by atoms with Crippen molar-refractivity contribution in [2.75, 3.05) is 4.90 Å². The van der Waals surface area contributed by atoms with Gasteiger partial charge in [-0.3, -0.25) is 0 Å². The minimum Gasteiger partial charge on any atom is -0.309 e. The van der Waals surface area contributed by atoms with Crippen molar-refractivity contribution in [1.82, 2.24) is 0 Å². The lowest BCUT2D eigenvalue weighted by molar-refractivity contribution is 0.660. The fourth-order valence-corrected chi connectivity index (χ4v) is 11.3. The van der Waals surface area contributed by atoms with Crippen molar-refractivity contribution in [3.05, 3.63) is 211 Å². The number of anilines is 3. The Morgan fingerprint density at radius 3 is 1.81 bits per heavy atom. The zero-order valence-corrected chi connectivity index (χ0v) is 33.7. The van der Waals surface area contributed by atoms with Crippen molar-refractivity contribution >= 4 is 80.9 Å². The van der Waals surface area contributed by atoms with E-state index >= 15 is 0 Å². The third-order valence-corrected chi connectivity index (χ3v) is 14.1. The second kappa shape index (κ2) is 13.0. The first-order chi connectivity index (χ1) is 29.0. The van der Waals surface area contributed by atoms with Gasteiger partial charge in [0.15, 0.2) is 0 Å². The predicted octanol–water partition coefficient (Wildman–Crippen LogP) is 16.6. The normalized spacial score (nSPS) is 13.1. The van der Waals surface area contributed by atoms with Crippen LogP contribution in [0.4, 0.5) is 17.1 Å². The van der Waals surface area contributed by atoms with Gasteiger partial charge in [0, 0.05) is 32.3 Å². The number of rotatable bonds is 5. The molecule has 0 saturated carbocycles. The Bertz CT molecular complexity index is 3500. The van der Waals surface area contributed by atoms with E-state index in [4.69, 9.17) is 0 Å². The molecule has 11 aromatic rings. The molecule has 0 unspecified atom stereocenters. The molecule has 0 atom stereocenters. The summed E-state index contributed by atoms with van der Waals surface area (Å²) in [5.41, 5.74) is 13.7. The zero-order valence-electron chi connectivity index (χ0n) is 32.9. The van der Waals surface area contributed by atoms with E-state index in [2.05, 4.69) is 219 Å². The van der Waals surface area contributed by atoms with Crippen LogP contribution in [-0.2, 0) is 5.41 Å². The molecule has 0 spiro atoms. The van der Waals surface area contributed by atoms with Crippen LogP contribution in [0.1, 0.15) is 25.0 Å². The molecular weight excluding hydrogens is 731 g/mol. The van der Waals surface area contributed by atoms with Crippen LogP contribution in [0.5, 0.6) is 0 Å². The maximum absolute atomic E-state index is 2.49. The van der Waals surface area contributed by atoms with Gasteiger partial charge in [-0.25, -0.2) is 0 Å². The van der Waals surface area contributed by atoms with Crippen LogP contribution in [0.25, 0.3) is 85.9 Å². The Morgan fingerprint density at radius 2 is 0.966 bits per heavy atom. The molecule has 0 aliphatic heterocycles. The highest BCUT2D eigenvalue weighted by molar-refractivity contribution is 7.27. The molecule has 0 fully saturated rings. The zero-order chi connectivity index (χ0) is 39.2. The third-order valence-electron chi connectivity index (χ3n) is 12.8. The number of fused-ring (bicyclic) bond motifs is 11. The van der Waals surface area contributed by atoms with Gasteiger partial charge < -0.3 is 4.90 Å². The van der Waals surface area contributed by atoms with Crippen LogP contribution in [0.15, 0.2) is 200 Å². The highest BCUT2D eigenvalue weighted by Crippen LogP contribution is 2.51. The SMILES string of the molecule is CC1(C)c2ccccc2-c2cc(-c3cccc(N(c4cccc(-c5cc6ccccc6c6ccccc56)c4)c4cccc5c4sc4c6ccccc6ccc54)c3)ccc21. The molecule has 1 aliphatic carbocycles. The maximum atomic E-state index is 2.49. The van der Waals surface area contributed by atoms with Crippen LogP contribution in [0.2, 0.25) is 0 Å². The van der Waals surface area contributed by atoms with Gasteiger partial charge in [-0.05, 0) is 119 Å². The Kier molecular flexibility index (Phi) is 7.51. The van der Waals surface area contributed by atoms with E-state index in [1.54, 1.807) is 0 Å². The summed E-state index contributed by atoms with van der Waals surface area (Å²) in [5.74, 6) is 0. The Morgan fingerprint density at radius 1 is 0.356 bits per heavy atom. The summed E-state index contributed by atoms with van der Waals surface area (Å²) < 4.78 is 2.61. The molecule has 1 nitrogen and oxygen atoms in total. The Labute approximate surface area is 348 Å². The fraction of sp³-hybridized carbons (Fsp3) is 0.0526. The first-order valence-corrected chi connectivity index (χ1v) is 21.3. The molecule has 0 N–H and O–H groups in total. The van der Waals surface area contributed by atoms with Crippen LogP contribution >= 0.6 is 11.3 Å². The van der Waals surface area contributed by atoms with Crippen molar-refractivity contribution in [3.63, 3.8) is 0 Å². The quantitative estimate of drug-likeness (QED) is 0.158. The molecule has 1 aromatic heterocycles. The summed E-state index contributed by atoms with van der Waals surface area (Å²) in [6.45, 7) is 4.70. The highest BCUT2D eigenvalue weighted by Gasteiger charge is 2.35. The molecule has 0 saturated heterocycles. The Balaban J connectivity index is 1.08. The number of hydrogen-bond acceptors (Lipinski definition) is 2. The Hall–Kier alpha value is -7.00. The molecule has 10 aromatic carbocycles. The highest BCUT2D eigenvalue weighted by atomic mass is 32.1. The lowest BCUT2D eigenvalue weighted by Crippen LogP contribution is -2.14. The van der Waals surface area contributed by atoms with Gasteiger partial charge in [-0.1, -0.05) is 172 Å². The van der Waals surface area contributed by atoms with E-state index in [1.165, 1.54) is 103 Å². The second-order valence-corrected chi connectivity index (χ2v) is 17.5. The first-order valence-electron chi connectivity index (χ1n) is 20.5. The van der Waals surface area contributed by atoms with E-state index in [-0.39, 0.29) is 5.41 Å². The standard InChI is InChI=1S/C57H39NS/c1-57(2)52-26-10-9-24-47(52)51-34-38(29-31-53(51)57)37-16-11-18-41(32-37)58(54-27-13-25-48-49-30-28-36-14-3-6-21-44(36)55(49)59-56(48)54)42-19-12-17-39(33-42)50-35-40-15-4-5-20-43(40)45-22-7-8-23-46(45)50/h3-35H,1-2H3. The van der Waals surface area contributed by atoms with Gasteiger partial charge in [0.25, 0.3) is 0 Å². The van der Waals surface area contributed by atoms with Crippen molar-refractivity contribution in [2.45, 2.75) is 19.3 Å². The maximum Gasteiger partial charge on any atom is 0.0640 e. The molecule has 2 heteroatoms. The summed E-state index contributed by atoms with van der Waals surface area (Å²) in [5, 5.41) is 10.2. The number of thiophene rings is 1. The fourth-order valence-electron chi connectivity index (χ4n) is 9.94. The number of nitrogens with zero attached hydrogens (tertiary/aromatic N) is 1. The first kappa shape index (κ1) is 34.1. The number of hydrogen-bond donors (Lipinski definition) is 0. The molecule has 1 aliphatic rings. The summed E-state index contributed by atoms with van der Waals surface area (Å²) >= 11 is 1.90. The third kappa shape index (κ3) is 5.23. The topological polar surface area (TPSA) is 3.24 Å². The molecule has 1 heterocycles. The van der Waals surface area contributed by atoms with Crippen molar-refractivity contribution in [1.29, 1.82) is 0 Å². The lowest BCUT2D eigenvalue weighted by atomic mass is 9.82.